The second-order valence-corrected chi connectivity index (χ2v) is 4.68. The van der Waals surface area contributed by atoms with Crippen LogP contribution < -0.4 is 0 Å². The molecule has 3 heterocycles. The molecule has 0 unspecified atom stereocenters. The van der Waals surface area contributed by atoms with Gasteiger partial charge >= 0.3 is 0 Å². The van der Waals surface area contributed by atoms with Crippen LogP contribution >= 0.6 is 0 Å². The lowest BCUT2D eigenvalue weighted by molar-refractivity contribution is 1.02. The van der Waals surface area contributed by atoms with E-state index < -0.39 is 0 Å². The molecule has 4 nitrogen and oxygen atoms in total. The van der Waals surface area contributed by atoms with Gasteiger partial charge in [-0.3, -0.25) is 0 Å². The molecule has 1 aliphatic rings. The molecule has 1 fully saturated rings. The topological polar surface area (TPSA) is 54.5 Å². The number of hydrogen-bond acceptors (Lipinski definition) is 3. The molecule has 1 aliphatic carbocycles. The van der Waals surface area contributed by atoms with E-state index in [1.807, 2.05) is 18.2 Å². The molecule has 88 valence electrons. The number of fused-ring (bicyclic) bond motifs is 1. The van der Waals surface area contributed by atoms with Crippen molar-refractivity contribution in [3.63, 3.8) is 0 Å². The zero-order valence-electron chi connectivity index (χ0n) is 9.80. The van der Waals surface area contributed by atoms with E-state index in [0.717, 1.165) is 22.7 Å². The molecule has 0 aliphatic heterocycles. The summed E-state index contributed by atoms with van der Waals surface area (Å²) in [5.41, 5.74) is 3.77. The Kier molecular flexibility index (Phi) is 1.97. The van der Waals surface area contributed by atoms with Crippen LogP contribution in [0.25, 0.3) is 22.7 Å². The molecule has 3 aromatic rings. The number of imidazole rings is 1. The van der Waals surface area contributed by atoms with Crippen LogP contribution in [0.15, 0.2) is 36.5 Å². The lowest BCUT2D eigenvalue weighted by atomic mass is 10.2. The molecule has 1 saturated carbocycles. The third-order valence-corrected chi connectivity index (χ3v) is 3.27. The molecule has 0 bridgehead atoms. The van der Waals surface area contributed by atoms with Gasteiger partial charge in [-0.05, 0) is 37.1 Å². The number of aromatic nitrogens is 4. The SMILES string of the molecule is c1cc(-c2nc3ncccc3[nH]2)nc(C2CC2)c1. The lowest BCUT2D eigenvalue weighted by Gasteiger charge is -1.99. The van der Waals surface area contributed by atoms with Gasteiger partial charge in [0.1, 0.15) is 5.69 Å². The summed E-state index contributed by atoms with van der Waals surface area (Å²) >= 11 is 0. The minimum atomic E-state index is 0.660. The summed E-state index contributed by atoms with van der Waals surface area (Å²) in [4.78, 5) is 16.6. The van der Waals surface area contributed by atoms with Crippen molar-refractivity contribution in [2.24, 2.45) is 0 Å². The van der Waals surface area contributed by atoms with E-state index >= 15 is 0 Å². The van der Waals surface area contributed by atoms with Crippen LogP contribution in [0.4, 0.5) is 0 Å². The predicted octanol–water partition coefficient (Wildman–Crippen LogP) is 2.90. The van der Waals surface area contributed by atoms with Crippen molar-refractivity contribution >= 4 is 11.2 Å². The van der Waals surface area contributed by atoms with Crippen LogP contribution in [0.1, 0.15) is 24.5 Å². The third-order valence-electron chi connectivity index (χ3n) is 3.27. The van der Waals surface area contributed by atoms with Gasteiger partial charge in [0.25, 0.3) is 0 Å². The minimum Gasteiger partial charge on any atom is -0.335 e. The molecule has 1 N–H and O–H groups in total. The van der Waals surface area contributed by atoms with Gasteiger partial charge in [0, 0.05) is 17.8 Å². The van der Waals surface area contributed by atoms with Gasteiger partial charge in [0.05, 0.1) is 5.52 Å². The molecule has 0 saturated heterocycles. The predicted molar refractivity (Wildman–Crippen MR) is 69.1 cm³/mol. The van der Waals surface area contributed by atoms with Gasteiger partial charge in [0.2, 0.25) is 0 Å². The monoisotopic (exact) mass is 236 g/mol. The number of hydrogen-bond donors (Lipinski definition) is 1. The van der Waals surface area contributed by atoms with E-state index in [2.05, 4.69) is 32.1 Å². The Labute approximate surface area is 104 Å². The van der Waals surface area contributed by atoms with E-state index in [9.17, 15) is 0 Å². The highest BCUT2D eigenvalue weighted by Crippen LogP contribution is 2.39. The average Bonchev–Trinajstić information content (AvgIpc) is 3.18. The number of H-pyrrole nitrogens is 1. The average molecular weight is 236 g/mol. The first-order valence-corrected chi connectivity index (χ1v) is 6.18. The summed E-state index contributed by atoms with van der Waals surface area (Å²) in [6, 6.07) is 10.0. The summed E-state index contributed by atoms with van der Waals surface area (Å²) in [6.45, 7) is 0. The van der Waals surface area contributed by atoms with E-state index in [1.54, 1.807) is 6.20 Å². The highest BCUT2D eigenvalue weighted by molar-refractivity contribution is 5.74. The maximum atomic E-state index is 4.68. The molecule has 4 heteroatoms. The summed E-state index contributed by atoms with van der Waals surface area (Å²) in [5, 5.41) is 0. The van der Waals surface area contributed by atoms with Crippen LogP contribution in [0.3, 0.4) is 0 Å². The van der Waals surface area contributed by atoms with Crippen molar-refractivity contribution in [2.45, 2.75) is 18.8 Å². The first-order valence-electron chi connectivity index (χ1n) is 6.18. The number of pyridine rings is 2. The van der Waals surface area contributed by atoms with Crippen molar-refractivity contribution in [1.29, 1.82) is 0 Å². The van der Waals surface area contributed by atoms with Gasteiger partial charge in [-0.15, -0.1) is 0 Å². The Bertz CT molecular complexity index is 679. The number of nitrogens with zero attached hydrogens (tertiary/aromatic N) is 3. The van der Waals surface area contributed by atoms with E-state index in [4.69, 9.17) is 0 Å². The van der Waals surface area contributed by atoms with E-state index in [0.29, 0.717) is 5.92 Å². The van der Waals surface area contributed by atoms with Crippen molar-refractivity contribution in [3.05, 3.63) is 42.2 Å². The van der Waals surface area contributed by atoms with Crippen LogP contribution in [0.5, 0.6) is 0 Å². The van der Waals surface area contributed by atoms with Crippen molar-refractivity contribution in [1.82, 2.24) is 19.9 Å². The quantitative estimate of drug-likeness (QED) is 0.744. The Balaban J connectivity index is 1.83. The molecule has 0 radical (unpaired) electrons. The maximum Gasteiger partial charge on any atom is 0.178 e. The first kappa shape index (κ1) is 9.76. The summed E-state index contributed by atoms with van der Waals surface area (Å²) in [5.74, 6) is 1.46. The van der Waals surface area contributed by atoms with Gasteiger partial charge in [0.15, 0.2) is 11.5 Å². The normalized spacial score (nSPS) is 15.1. The maximum absolute atomic E-state index is 4.68. The largest absolute Gasteiger partial charge is 0.335 e. The Hall–Kier alpha value is -2.23. The van der Waals surface area contributed by atoms with E-state index in [-0.39, 0.29) is 0 Å². The fraction of sp³-hybridized carbons (Fsp3) is 0.214. The van der Waals surface area contributed by atoms with E-state index in [1.165, 1.54) is 18.5 Å². The fourth-order valence-corrected chi connectivity index (χ4v) is 2.16. The lowest BCUT2D eigenvalue weighted by Crippen LogP contribution is -1.90. The minimum absolute atomic E-state index is 0.660. The van der Waals surface area contributed by atoms with Crippen LogP contribution in [0, 0.1) is 0 Å². The first-order chi connectivity index (χ1) is 8.90. The Morgan fingerprint density at radius 1 is 1.06 bits per heavy atom. The molecule has 0 aromatic carbocycles. The van der Waals surface area contributed by atoms with Gasteiger partial charge in [-0.25, -0.2) is 15.0 Å². The van der Waals surface area contributed by atoms with Crippen molar-refractivity contribution in [2.75, 3.05) is 0 Å². The molecule has 0 amide bonds. The van der Waals surface area contributed by atoms with Crippen molar-refractivity contribution < 1.29 is 0 Å². The molecule has 4 rings (SSSR count). The Morgan fingerprint density at radius 3 is 2.83 bits per heavy atom. The number of aromatic amines is 1. The summed E-state index contributed by atoms with van der Waals surface area (Å²) in [7, 11) is 0. The second-order valence-electron chi connectivity index (χ2n) is 4.68. The molecule has 3 aromatic heterocycles. The fourth-order valence-electron chi connectivity index (χ4n) is 2.16. The standard InChI is InChI=1S/C14H12N4/c1-3-10(9-6-7-9)16-12(4-1)14-17-11-5-2-8-15-13(11)18-14/h1-5,8-9H,6-7H2,(H,15,17,18). The zero-order chi connectivity index (χ0) is 11.9. The van der Waals surface area contributed by atoms with Crippen LogP contribution in [0.2, 0.25) is 0 Å². The number of rotatable bonds is 2. The molecular weight excluding hydrogens is 224 g/mol. The number of nitrogens with one attached hydrogen (secondary N) is 1. The summed E-state index contributed by atoms with van der Waals surface area (Å²) in [6.07, 6.45) is 4.28. The van der Waals surface area contributed by atoms with Crippen LogP contribution in [-0.2, 0) is 0 Å². The van der Waals surface area contributed by atoms with Crippen molar-refractivity contribution in [3.8, 4) is 11.5 Å². The zero-order valence-corrected chi connectivity index (χ0v) is 9.80. The second kappa shape index (κ2) is 3.63. The van der Waals surface area contributed by atoms with Crippen LogP contribution in [-0.4, -0.2) is 19.9 Å². The van der Waals surface area contributed by atoms with Gasteiger partial charge in [-0.2, -0.15) is 0 Å². The highest BCUT2D eigenvalue weighted by Gasteiger charge is 2.25. The molecular formula is C14H12N4. The molecule has 0 atom stereocenters. The highest BCUT2D eigenvalue weighted by atomic mass is 15.0. The molecule has 18 heavy (non-hydrogen) atoms. The van der Waals surface area contributed by atoms with Gasteiger partial charge < -0.3 is 4.98 Å². The third kappa shape index (κ3) is 1.57. The molecule has 0 spiro atoms. The smallest absolute Gasteiger partial charge is 0.178 e. The Morgan fingerprint density at radius 2 is 2.00 bits per heavy atom. The van der Waals surface area contributed by atoms with Gasteiger partial charge in [-0.1, -0.05) is 6.07 Å². The summed E-state index contributed by atoms with van der Waals surface area (Å²) < 4.78 is 0.